The lowest BCUT2D eigenvalue weighted by Crippen LogP contribution is -2.35. The van der Waals surface area contributed by atoms with Crippen LogP contribution in [0.25, 0.3) is 16.8 Å². The van der Waals surface area contributed by atoms with E-state index in [0.29, 0.717) is 42.6 Å². The summed E-state index contributed by atoms with van der Waals surface area (Å²) in [5.41, 5.74) is -0.105. The average Bonchev–Trinajstić information content (AvgIpc) is 2.96. The van der Waals surface area contributed by atoms with Gasteiger partial charge in [-0.15, -0.1) is 0 Å². The van der Waals surface area contributed by atoms with Crippen LogP contribution in [0.15, 0.2) is 18.3 Å². The summed E-state index contributed by atoms with van der Waals surface area (Å²) in [5.74, 6) is -2.18. The lowest BCUT2D eigenvalue weighted by atomic mass is 9.98. The Kier molecular flexibility index (Phi) is 4.68. The Morgan fingerprint density at radius 1 is 1.04 bits per heavy atom. The molecular weight excluding hydrogens is 400 g/mol. The van der Waals surface area contributed by atoms with Crippen LogP contribution in [0.2, 0.25) is 10.2 Å². The molecule has 1 aliphatic heterocycles. The number of fused-ring (bicyclic) bond motifs is 1. The summed E-state index contributed by atoms with van der Waals surface area (Å²) in [6, 6.07) is 1.24. The Labute approximate surface area is 163 Å². The maximum Gasteiger partial charge on any atom is 0.177 e. The molecule has 4 nitrogen and oxygen atoms in total. The molecular formula is C18H15Cl2F3N4. The van der Waals surface area contributed by atoms with Crippen molar-refractivity contribution in [3.8, 4) is 11.1 Å². The molecule has 0 bridgehead atoms. The minimum Gasteiger partial charge on any atom is -0.356 e. The van der Waals surface area contributed by atoms with E-state index < -0.39 is 23.0 Å². The van der Waals surface area contributed by atoms with Crippen LogP contribution in [0.4, 0.5) is 19.0 Å². The van der Waals surface area contributed by atoms with Gasteiger partial charge >= 0.3 is 0 Å². The van der Waals surface area contributed by atoms with Crippen molar-refractivity contribution in [1.82, 2.24) is 14.6 Å². The summed E-state index contributed by atoms with van der Waals surface area (Å²) in [6.07, 6.45) is 3.21. The molecule has 27 heavy (non-hydrogen) atoms. The lowest BCUT2D eigenvalue weighted by molar-refractivity contribution is 0.435. The molecule has 0 unspecified atom stereocenters. The Hall–Kier alpha value is -1.99. The number of aromatic nitrogens is 3. The van der Waals surface area contributed by atoms with E-state index in [9.17, 15) is 13.2 Å². The fourth-order valence-corrected chi connectivity index (χ4v) is 3.86. The van der Waals surface area contributed by atoms with Crippen molar-refractivity contribution < 1.29 is 13.2 Å². The Balaban J connectivity index is 2.03. The zero-order valence-corrected chi connectivity index (χ0v) is 15.8. The summed E-state index contributed by atoms with van der Waals surface area (Å²) >= 11 is 12.5. The molecule has 4 rings (SSSR count). The zero-order chi connectivity index (χ0) is 19.3. The summed E-state index contributed by atoms with van der Waals surface area (Å²) in [4.78, 5) is 6.13. The molecule has 0 atom stereocenters. The first-order valence-electron chi connectivity index (χ1n) is 8.49. The predicted molar refractivity (Wildman–Crippen MR) is 98.9 cm³/mol. The van der Waals surface area contributed by atoms with Crippen LogP contribution in [0.3, 0.4) is 0 Å². The fourth-order valence-electron chi connectivity index (χ4n) is 3.43. The van der Waals surface area contributed by atoms with E-state index in [1.54, 1.807) is 0 Å². The lowest BCUT2D eigenvalue weighted by Gasteiger charge is -2.33. The van der Waals surface area contributed by atoms with Crippen LogP contribution >= 0.6 is 23.2 Å². The van der Waals surface area contributed by atoms with Gasteiger partial charge in [0.2, 0.25) is 0 Å². The molecule has 1 saturated heterocycles. The molecule has 0 amide bonds. The second-order valence-electron chi connectivity index (χ2n) is 6.74. The zero-order valence-electron chi connectivity index (χ0n) is 14.3. The molecule has 1 fully saturated rings. The van der Waals surface area contributed by atoms with Gasteiger partial charge in [-0.3, -0.25) is 0 Å². The number of benzene rings is 1. The van der Waals surface area contributed by atoms with Crippen molar-refractivity contribution in [1.29, 1.82) is 0 Å². The number of halogens is 5. The first kappa shape index (κ1) is 18.4. The molecule has 142 valence electrons. The van der Waals surface area contributed by atoms with E-state index in [0.717, 1.165) is 12.8 Å². The molecule has 3 aromatic rings. The fraction of sp³-hybridized carbons (Fsp3) is 0.333. The average molecular weight is 415 g/mol. The second-order valence-corrected chi connectivity index (χ2v) is 7.51. The van der Waals surface area contributed by atoms with Gasteiger partial charge in [-0.25, -0.2) is 18.2 Å². The van der Waals surface area contributed by atoms with E-state index in [1.165, 1.54) is 10.7 Å². The van der Waals surface area contributed by atoms with Gasteiger partial charge in [-0.1, -0.05) is 30.1 Å². The smallest absolute Gasteiger partial charge is 0.177 e. The van der Waals surface area contributed by atoms with Gasteiger partial charge < -0.3 is 4.90 Å². The molecule has 0 radical (unpaired) electrons. The van der Waals surface area contributed by atoms with Crippen LogP contribution in [0.5, 0.6) is 0 Å². The van der Waals surface area contributed by atoms with Crippen molar-refractivity contribution in [2.24, 2.45) is 5.92 Å². The van der Waals surface area contributed by atoms with Gasteiger partial charge in [0.25, 0.3) is 0 Å². The third kappa shape index (κ3) is 3.12. The summed E-state index contributed by atoms with van der Waals surface area (Å²) in [6.45, 7) is 3.47. The number of piperidine rings is 1. The van der Waals surface area contributed by atoms with Crippen molar-refractivity contribution in [2.75, 3.05) is 18.0 Å². The van der Waals surface area contributed by atoms with Crippen LogP contribution < -0.4 is 4.90 Å². The van der Waals surface area contributed by atoms with Crippen LogP contribution in [0.1, 0.15) is 19.8 Å². The topological polar surface area (TPSA) is 33.4 Å². The first-order chi connectivity index (χ1) is 12.9. The van der Waals surface area contributed by atoms with Gasteiger partial charge in [0.1, 0.15) is 33.4 Å². The minimum atomic E-state index is -1.06. The van der Waals surface area contributed by atoms with Crippen molar-refractivity contribution in [3.05, 3.63) is 46.0 Å². The number of anilines is 1. The molecule has 0 spiro atoms. The molecule has 1 aliphatic rings. The van der Waals surface area contributed by atoms with Gasteiger partial charge in [0, 0.05) is 25.2 Å². The second kappa shape index (κ2) is 6.87. The number of hydrogen-bond donors (Lipinski definition) is 0. The normalized spacial score (nSPS) is 15.7. The maximum atomic E-state index is 14.6. The van der Waals surface area contributed by atoms with E-state index in [1.807, 2.05) is 4.90 Å². The van der Waals surface area contributed by atoms with E-state index in [2.05, 4.69) is 17.0 Å². The highest BCUT2D eigenvalue weighted by atomic mass is 35.5. The highest BCUT2D eigenvalue weighted by Gasteiger charge is 2.29. The Morgan fingerprint density at radius 2 is 1.67 bits per heavy atom. The van der Waals surface area contributed by atoms with Gasteiger partial charge in [-0.05, 0) is 18.8 Å². The standard InChI is InChI=1S/C18H15Cl2F3N4/c1-9-2-4-26(5-3-9)18-15(14-12(22)6-10(21)7-13(14)23)16(20)25-17-11(19)8-24-27(17)18/h6-9H,2-5H2,1H3. The molecule has 0 saturated carbocycles. The predicted octanol–water partition coefficient (Wildman–Crippen LogP) is 5.36. The van der Waals surface area contributed by atoms with Crippen molar-refractivity contribution in [2.45, 2.75) is 19.8 Å². The summed E-state index contributed by atoms with van der Waals surface area (Å²) in [5, 5.41) is 4.37. The molecule has 3 heterocycles. The maximum absolute atomic E-state index is 14.6. The number of hydrogen-bond acceptors (Lipinski definition) is 3. The van der Waals surface area contributed by atoms with E-state index >= 15 is 0 Å². The monoisotopic (exact) mass is 414 g/mol. The quantitative estimate of drug-likeness (QED) is 0.529. The number of nitrogens with zero attached hydrogens (tertiary/aromatic N) is 4. The third-order valence-electron chi connectivity index (χ3n) is 4.88. The molecule has 0 N–H and O–H groups in total. The summed E-state index contributed by atoms with van der Waals surface area (Å²) in [7, 11) is 0. The van der Waals surface area contributed by atoms with Crippen LogP contribution in [0, 0.1) is 23.4 Å². The molecule has 2 aromatic heterocycles. The third-order valence-corrected chi connectivity index (χ3v) is 5.42. The Bertz CT molecular complexity index is 1010. The number of rotatable bonds is 2. The highest BCUT2D eigenvalue weighted by molar-refractivity contribution is 6.35. The highest BCUT2D eigenvalue weighted by Crippen LogP contribution is 2.41. The van der Waals surface area contributed by atoms with E-state index in [-0.39, 0.29) is 15.7 Å². The summed E-state index contributed by atoms with van der Waals surface area (Å²) < 4.78 is 43.9. The van der Waals surface area contributed by atoms with Crippen LogP contribution in [-0.4, -0.2) is 27.7 Å². The van der Waals surface area contributed by atoms with Gasteiger partial charge in [0.15, 0.2) is 5.65 Å². The SMILES string of the molecule is CC1CCN(c2c(-c3c(F)cc(F)cc3F)c(Cl)nc3c(Cl)cnn23)CC1. The minimum absolute atomic E-state index is 0.0356. The van der Waals surface area contributed by atoms with Gasteiger partial charge in [-0.2, -0.15) is 9.61 Å². The van der Waals surface area contributed by atoms with Crippen molar-refractivity contribution >= 4 is 34.7 Å². The molecule has 0 aliphatic carbocycles. The Morgan fingerprint density at radius 3 is 2.30 bits per heavy atom. The van der Waals surface area contributed by atoms with Gasteiger partial charge in [0.05, 0.1) is 17.3 Å². The van der Waals surface area contributed by atoms with Crippen LogP contribution in [-0.2, 0) is 0 Å². The molecule has 1 aromatic carbocycles. The molecule has 9 heteroatoms. The largest absolute Gasteiger partial charge is 0.356 e. The first-order valence-corrected chi connectivity index (χ1v) is 9.25. The van der Waals surface area contributed by atoms with Crippen molar-refractivity contribution in [3.63, 3.8) is 0 Å². The van der Waals surface area contributed by atoms with E-state index in [4.69, 9.17) is 23.2 Å².